The van der Waals surface area contributed by atoms with Gasteiger partial charge in [-0.05, 0) is 25.1 Å². The fourth-order valence-electron chi connectivity index (χ4n) is 1.01. The van der Waals surface area contributed by atoms with Gasteiger partial charge in [-0.25, -0.2) is 4.79 Å². The molecular weight excluding hydrogens is 263 g/mol. The molecule has 0 unspecified atom stereocenters. The maximum absolute atomic E-state index is 11.2. The van der Waals surface area contributed by atoms with E-state index in [9.17, 15) is 4.79 Å². The number of carbonyl (C=O) groups is 1. The highest BCUT2D eigenvalue weighted by Crippen LogP contribution is 2.21. The lowest BCUT2D eigenvalue weighted by Crippen LogP contribution is -2.21. The molecule has 1 aromatic rings. The van der Waals surface area contributed by atoms with Crippen LogP contribution in [0.2, 0.25) is 10.0 Å². The zero-order chi connectivity index (χ0) is 13.0. The van der Waals surface area contributed by atoms with E-state index in [1.807, 2.05) is 0 Å². The number of rotatable bonds is 2. The van der Waals surface area contributed by atoms with Crippen LogP contribution < -0.4 is 0 Å². The lowest BCUT2D eigenvalue weighted by molar-refractivity contribution is 0.122. The van der Waals surface area contributed by atoms with Crippen LogP contribution in [0.3, 0.4) is 0 Å². The van der Waals surface area contributed by atoms with Crippen molar-refractivity contribution in [3.8, 4) is 0 Å². The Labute approximate surface area is 110 Å². The third kappa shape index (κ3) is 3.91. The van der Waals surface area contributed by atoms with Gasteiger partial charge in [0.1, 0.15) is 0 Å². The zero-order valence-corrected chi connectivity index (χ0v) is 11.2. The molecule has 17 heavy (non-hydrogen) atoms. The molecule has 0 bridgehead atoms. The SMILES string of the molecule is C/C(=N\OC(=O)N(C)C)c1cc(Cl)ccc1Cl. The lowest BCUT2D eigenvalue weighted by Gasteiger charge is -2.08. The molecule has 0 fully saturated rings. The fraction of sp³-hybridized carbons (Fsp3) is 0.273. The average Bonchev–Trinajstić information content (AvgIpc) is 2.28. The standard InChI is InChI=1S/C11H12Cl2N2O2/c1-7(14-17-11(16)15(2)3)9-6-8(12)4-5-10(9)13/h4-6H,1-3H3/b14-7+. The van der Waals surface area contributed by atoms with Crippen molar-refractivity contribution in [1.29, 1.82) is 0 Å². The van der Waals surface area contributed by atoms with E-state index in [0.29, 0.717) is 21.3 Å². The first kappa shape index (κ1) is 13.8. The molecule has 1 aromatic carbocycles. The predicted molar refractivity (Wildman–Crippen MR) is 68.8 cm³/mol. The number of benzene rings is 1. The normalized spacial score (nSPS) is 11.2. The monoisotopic (exact) mass is 274 g/mol. The van der Waals surface area contributed by atoms with Gasteiger partial charge in [0.2, 0.25) is 0 Å². The molecule has 0 atom stereocenters. The van der Waals surface area contributed by atoms with Crippen LogP contribution in [0, 0.1) is 0 Å². The Bertz CT molecular complexity index is 459. The molecule has 0 saturated carbocycles. The molecule has 1 rings (SSSR count). The second kappa shape index (κ2) is 5.89. The van der Waals surface area contributed by atoms with Gasteiger partial charge in [-0.2, -0.15) is 0 Å². The van der Waals surface area contributed by atoms with E-state index in [2.05, 4.69) is 9.99 Å². The maximum atomic E-state index is 11.2. The van der Waals surface area contributed by atoms with E-state index in [1.54, 1.807) is 39.2 Å². The number of halogens is 2. The Morgan fingerprint density at radius 2 is 2.00 bits per heavy atom. The van der Waals surface area contributed by atoms with Gasteiger partial charge in [-0.3, -0.25) is 4.84 Å². The summed E-state index contributed by atoms with van der Waals surface area (Å²) in [4.78, 5) is 17.1. The molecule has 0 aromatic heterocycles. The summed E-state index contributed by atoms with van der Waals surface area (Å²) in [6, 6.07) is 4.99. The third-order valence-electron chi connectivity index (χ3n) is 1.94. The summed E-state index contributed by atoms with van der Waals surface area (Å²) in [6.45, 7) is 1.68. The first-order chi connectivity index (χ1) is 7.91. The van der Waals surface area contributed by atoms with E-state index in [0.717, 1.165) is 0 Å². The number of oxime groups is 1. The molecule has 0 spiro atoms. The Balaban J connectivity index is 2.88. The molecule has 0 aliphatic rings. The molecule has 0 aliphatic carbocycles. The number of hydrogen-bond donors (Lipinski definition) is 0. The van der Waals surface area contributed by atoms with Crippen molar-refractivity contribution in [1.82, 2.24) is 4.90 Å². The van der Waals surface area contributed by atoms with Gasteiger partial charge in [0, 0.05) is 29.7 Å². The molecular formula is C11H12Cl2N2O2. The van der Waals surface area contributed by atoms with Crippen molar-refractivity contribution < 1.29 is 9.63 Å². The minimum Gasteiger partial charge on any atom is -0.312 e. The maximum Gasteiger partial charge on any atom is 0.435 e. The van der Waals surface area contributed by atoms with Crippen LogP contribution in [0.1, 0.15) is 12.5 Å². The van der Waals surface area contributed by atoms with Gasteiger partial charge in [-0.1, -0.05) is 28.4 Å². The van der Waals surface area contributed by atoms with E-state index in [1.165, 1.54) is 4.90 Å². The van der Waals surface area contributed by atoms with Gasteiger partial charge in [0.05, 0.1) is 5.71 Å². The molecule has 6 heteroatoms. The smallest absolute Gasteiger partial charge is 0.312 e. The van der Waals surface area contributed by atoms with Crippen LogP contribution >= 0.6 is 23.2 Å². The summed E-state index contributed by atoms with van der Waals surface area (Å²) in [5.41, 5.74) is 1.11. The van der Waals surface area contributed by atoms with Crippen molar-refractivity contribution in [3.63, 3.8) is 0 Å². The van der Waals surface area contributed by atoms with E-state index >= 15 is 0 Å². The van der Waals surface area contributed by atoms with Crippen molar-refractivity contribution in [3.05, 3.63) is 33.8 Å². The van der Waals surface area contributed by atoms with Gasteiger partial charge < -0.3 is 4.90 Å². The summed E-state index contributed by atoms with van der Waals surface area (Å²) in [7, 11) is 3.14. The van der Waals surface area contributed by atoms with Crippen LogP contribution in [-0.2, 0) is 4.84 Å². The van der Waals surface area contributed by atoms with Gasteiger partial charge in [0.15, 0.2) is 0 Å². The topological polar surface area (TPSA) is 41.9 Å². The summed E-state index contributed by atoms with van der Waals surface area (Å²) in [5.74, 6) is 0. The third-order valence-corrected chi connectivity index (χ3v) is 2.51. The highest BCUT2D eigenvalue weighted by atomic mass is 35.5. The van der Waals surface area contributed by atoms with E-state index < -0.39 is 6.09 Å². The number of amides is 1. The lowest BCUT2D eigenvalue weighted by atomic mass is 10.1. The van der Waals surface area contributed by atoms with Crippen molar-refractivity contribution in [2.45, 2.75) is 6.92 Å². The first-order valence-corrected chi connectivity index (χ1v) is 5.55. The predicted octanol–water partition coefficient (Wildman–Crippen LogP) is 3.42. The summed E-state index contributed by atoms with van der Waals surface area (Å²) < 4.78 is 0. The minimum atomic E-state index is -0.553. The largest absolute Gasteiger partial charge is 0.435 e. The molecule has 0 N–H and O–H groups in total. The van der Waals surface area contributed by atoms with Crippen molar-refractivity contribution in [2.24, 2.45) is 5.16 Å². The summed E-state index contributed by atoms with van der Waals surface area (Å²) in [6.07, 6.45) is -0.553. The second-order valence-electron chi connectivity index (χ2n) is 3.55. The molecule has 0 heterocycles. The van der Waals surface area contributed by atoms with Gasteiger partial charge in [0.25, 0.3) is 0 Å². The van der Waals surface area contributed by atoms with Crippen molar-refractivity contribution >= 4 is 35.0 Å². The highest BCUT2D eigenvalue weighted by Gasteiger charge is 2.08. The molecule has 1 amide bonds. The first-order valence-electron chi connectivity index (χ1n) is 4.80. The minimum absolute atomic E-state index is 0.479. The van der Waals surface area contributed by atoms with Crippen LogP contribution in [0.4, 0.5) is 4.79 Å². The molecule has 92 valence electrons. The zero-order valence-electron chi connectivity index (χ0n) is 9.70. The Morgan fingerprint density at radius 3 is 2.59 bits per heavy atom. The van der Waals surface area contributed by atoms with E-state index in [4.69, 9.17) is 23.2 Å². The number of carbonyl (C=O) groups excluding carboxylic acids is 1. The molecule has 4 nitrogen and oxygen atoms in total. The Morgan fingerprint density at radius 1 is 1.35 bits per heavy atom. The number of hydrogen-bond acceptors (Lipinski definition) is 3. The van der Waals surface area contributed by atoms with Crippen LogP contribution in [-0.4, -0.2) is 30.8 Å². The Hall–Kier alpha value is -1.26. The molecule has 0 radical (unpaired) electrons. The summed E-state index contributed by atoms with van der Waals surface area (Å²) >= 11 is 11.8. The number of nitrogens with zero attached hydrogens (tertiary/aromatic N) is 2. The van der Waals surface area contributed by atoms with Crippen LogP contribution in [0.15, 0.2) is 23.4 Å². The van der Waals surface area contributed by atoms with Gasteiger partial charge in [-0.15, -0.1) is 0 Å². The molecule has 0 aliphatic heterocycles. The molecule has 0 saturated heterocycles. The van der Waals surface area contributed by atoms with Crippen LogP contribution in [0.5, 0.6) is 0 Å². The second-order valence-corrected chi connectivity index (χ2v) is 4.40. The van der Waals surface area contributed by atoms with Crippen molar-refractivity contribution in [2.75, 3.05) is 14.1 Å². The summed E-state index contributed by atoms with van der Waals surface area (Å²) in [5, 5.41) is 4.74. The van der Waals surface area contributed by atoms with Gasteiger partial charge >= 0.3 is 6.09 Å². The quantitative estimate of drug-likeness (QED) is 0.471. The highest BCUT2D eigenvalue weighted by molar-refractivity contribution is 6.36. The fourth-order valence-corrected chi connectivity index (χ4v) is 1.44. The van der Waals surface area contributed by atoms with E-state index in [-0.39, 0.29) is 0 Å². The average molecular weight is 275 g/mol. The Kier molecular flexibility index (Phi) is 4.78. The van der Waals surface area contributed by atoms with Crippen LogP contribution in [0.25, 0.3) is 0 Å².